The fraction of sp³-hybridized carbons (Fsp3) is 0.875. The number of ether oxygens (including phenoxy) is 6. The quantitative estimate of drug-likeness (QED) is 0.551. The zero-order valence-corrected chi connectivity index (χ0v) is 14.6. The molecule has 3 aliphatic rings. The molecule has 0 aliphatic carbocycles. The van der Waals surface area contributed by atoms with E-state index in [0.717, 1.165) is 0 Å². The summed E-state index contributed by atoms with van der Waals surface area (Å²) in [5, 5.41) is 0. The van der Waals surface area contributed by atoms with Crippen LogP contribution < -0.4 is 0 Å². The van der Waals surface area contributed by atoms with Crippen LogP contribution in [-0.4, -0.2) is 60.6 Å². The van der Waals surface area contributed by atoms with Crippen molar-refractivity contribution in [2.45, 2.75) is 76.7 Å². The molecule has 3 heterocycles. The van der Waals surface area contributed by atoms with Crippen LogP contribution in [0.3, 0.4) is 0 Å². The zero-order valence-electron chi connectivity index (χ0n) is 14.6. The molecule has 3 aliphatic heterocycles. The average molecular weight is 344 g/mol. The maximum absolute atomic E-state index is 12.1. The van der Waals surface area contributed by atoms with Crippen molar-refractivity contribution < 1.29 is 38.0 Å². The van der Waals surface area contributed by atoms with Crippen molar-refractivity contribution in [2.24, 2.45) is 0 Å². The second kappa shape index (κ2) is 5.74. The molecule has 0 unspecified atom stereocenters. The molecule has 3 rings (SSSR count). The van der Waals surface area contributed by atoms with Gasteiger partial charge in [-0.2, -0.15) is 0 Å². The fourth-order valence-electron chi connectivity index (χ4n) is 3.31. The average Bonchev–Trinajstić information content (AvgIpc) is 2.89. The van der Waals surface area contributed by atoms with Crippen LogP contribution in [0.5, 0.6) is 0 Å². The molecule has 8 heteroatoms. The van der Waals surface area contributed by atoms with Crippen molar-refractivity contribution in [2.75, 3.05) is 13.2 Å². The standard InChI is InChI=1S/C16H24O8/c1-9(17)6-11(18)21-13-12-10(22-15(4,5)23-12)7-19-16(13)8-20-14(2,3)24-16/h10,12-13H,6-8H2,1-5H3/t10-,12-,13+,16+/m1/s1. The summed E-state index contributed by atoms with van der Waals surface area (Å²) >= 11 is 0. The summed E-state index contributed by atoms with van der Waals surface area (Å²) in [6.45, 7) is 8.71. The van der Waals surface area contributed by atoms with E-state index in [2.05, 4.69) is 0 Å². The number of Topliss-reactive ketones (excluding diaryl/α,β-unsaturated/α-hetero) is 1. The van der Waals surface area contributed by atoms with E-state index < -0.39 is 41.6 Å². The van der Waals surface area contributed by atoms with E-state index in [4.69, 9.17) is 28.4 Å². The van der Waals surface area contributed by atoms with Crippen molar-refractivity contribution in [3.63, 3.8) is 0 Å². The molecule has 24 heavy (non-hydrogen) atoms. The molecule has 0 saturated carbocycles. The number of rotatable bonds is 3. The van der Waals surface area contributed by atoms with Gasteiger partial charge >= 0.3 is 5.97 Å². The largest absolute Gasteiger partial charge is 0.453 e. The van der Waals surface area contributed by atoms with Crippen LogP contribution in [0.15, 0.2) is 0 Å². The lowest BCUT2D eigenvalue weighted by Gasteiger charge is -2.43. The Morgan fingerprint density at radius 1 is 1.08 bits per heavy atom. The van der Waals surface area contributed by atoms with Crippen molar-refractivity contribution in [1.29, 1.82) is 0 Å². The summed E-state index contributed by atoms with van der Waals surface area (Å²) in [6.07, 6.45) is -2.18. The summed E-state index contributed by atoms with van der Waals surface area (Å²) in [5.41, 5.74) is 0. The third-order valence-corrected chi connectivity index (χ3v) is 4.14. The summed E-state index contributed by atoms with van der Waals surface area (Å²) < 4.78 is 34.7. The molecule has 0 bridgehead atoms. The first-order chi connectivity index (χ1) is 11.0. The first-order valence-corrected chi connectivity index (χ1v) is 8.05. The van der Waals surface area contributed by atoms with Gasteiger partial charge in [-0.3, -0.25) is 9.59 Å². The van der Waals surface area contributed by atoms with Gasteiger partial charge in [0.15, 0.2) is 17.7 Å². The number of esters is 1. The van der Waals surface area contributed by atoms with Crippen LogP contribution in [-0.2, 0) is 38.0 Å². The molecule has 0 amide bonds. The number of fused-ring (bicyclic) bond motifs is 1. The Bertz CT molecular complexity index is 540. The number of carbonyl (C=O) groups excluding carboxylic acids is 2. The molecule has 0 radical (unpaired) electrons. The van der Waals surface area contributed by atoms with Gasteiger partial charge in [-0.1, -0.05) is 0 Å². The third-order valence-electron chi connectivity index (χ3n) is 4.14. The Morgan fingerprint density at radius 2 is 1.79 bits per heavy atom. The van der Waals surface area contributed by atoms with Gasteiger partial charge in [-0.15, -0.1) is 0 Å². The molecule has 0 aromatic rings. The van der Waals surface area contributed by atoms with Crippen molar-refractivity contribution >= 4 is 11.8 Å². The highest BCUT2D eigenvalue weighted by Gasteiger charge is 2.64. The Kier molecular flexibility index (Phi) is 4.25. The van der Waals surface area contributed by atoms with Gasteiger partial charge in [-0.25, -0.2) is 0 Å². The van der Waals surface area contributed by atoms with E-state index in [-0.39, 0.29) is 25.4 Å². The molecule has 4 atom stereocenters. The first kappa shape index (κ1) is 17.8. The molecule has 8 nitrogen and oxygen atoms in total. The maximum Gasteiger partial charge on any atom is 0.313 e. The minimum Gasteiger partial charge on any atom is -0.453 e. The van der Waals surface area contributed by atoms with Crippen molar-refractivity contribution in [1.82, 2.24) is 0 Å². The minimum atomic E-state index is -1.28. The number of ketones is 1. The van der Waals surface area contributed by atoms with Crippen LogP contribution in [0.2, 0.25) is 0 Å². The highest BCUT2D eigenvalue weighted by atomic mass is 16.9. The van der Waals surface area contributed by atoms with Crippen LogP contribution in [0.1, 0.15) is 41.0 Å². The summed E-state index contributed by atoms with van der Waals surface area (Å²) in [6, 6.07) is 0. The van der Waals surface area contributed by atoms with Crippen LogP contribution in [0, 0.1) is 0 Å². The van der Waals surface area contributed by atoms with Gasteiger partial charge in [-0.05, 0) is 34.6 Å². The second-order valence-corrected chi connectivity index (χ2v) is 7.34. The van der Waals surface area contributed by atoms with Gasteiger partial charge in [0.05, 0.1) is 6.61 Å². The van der Waals surface area contributed by atoms with Gasteiger partial charge < -0.3 is 28.4 Å². The molecule has 0 aromatic heterocycles. The Balaban J connectivity index is 1.86. The highest BCUT2D eigenvalue weighted by molar-refractivity contribution is 5.94. The molecule has 136 valence electrons. The fourth-order valence-corrected chi connectivity index (χ4v) is 3.31. The second-order valence-electron chi connectivity index (χ2n) is 7.34. The minimum absolute atomic E-state index is 0.0883. The Morgan fingerprint density at radius 3 is 2.38 bits per heavy atom. The van der Waals surface area contributed by atoms with Crippen molar-refractivity contribution in [3.8, 4) is 0 Å². The lowest BCUT2D eigenvalue weighted by atomic mass is 9.97. The van der Waals surface area contributed by atoms with E-state index in [1.54, 1.807) is 27.7 Å². The van der Waals surface area contributed by atoms with E-state index in [1.165, 1.54) is 6.92 Å². The number of carbonyl (C=O) groups is 2. The van der Waals surface area contributed by atoms with E-state index >= 15 is 0 Å². The van der Waals surface area contributed by atoms with Gasteiger partial charge in [0, 0.05) is 0 Å². The number of hydrogen-bond donors (Lipinski definition) is 0. The summed E-state index contributed by atoms with van der Waals surface area (Å²) in [5.74, 6) is -3.92. The molecule has 0 N–H and O–H groups in total. The Hall–Kier alpha value is -1.06. The summed E-state index contributed by atoms with van der Waals surface area (Å²) in [7, 11) is 0. The number of hydrogen-bond acceptors (Lipinski definition) is 8. The smallest absolute Gasteiger partial charge is 0.313 e. The molecular weight excluding hydrogens is 320 g/mol. The van der Waals surface area contributed by atoms with Gasteiger partial charge in [0.25, 0.3) is 0 Å². The monoisotopic (exact) mass is 344 g/mol. The predicted molar refractivity (Wildman–Crippen MR) is 78.8 cm³/mol. The topological polar surface area (TPSA) is 89.5 Å². The van der Waals surface area contributed by atoms with Crippen molar-refractivity contribution in [3.05, 3.63) is 0 Å². The molecule has 3 saturated heterocycles. The zero-order chi connectivity index (χ0) is 17.8. The first-order valence-electron chi connectivity index (χ1n) is 8.05. The van der Waals surface area contributed by atoms with E-state index in [1.807, 2.05) is 0 Å². The van der Waals surface area contributed by atoms with E-state index in [0.29, 0.717) is 0 Å². The normalized spacial score (nSPS) is 39.6. The molecule has 1 spiro atoms. The van der Waals surface area contributed by atoms with Crippen LogP contribution in [0.25, 0.3) is 0 Å². The SMILES string of the molecule is CC(=O)CC(=O)O[C@H]1[C@@H]2OC(C)(C)O[C@@H]2CO[C@]12COC(C)(C)O2. The third kappa shape index (κ3) is 3.34. The van der Waals surface area contributed by atoms with Crippen LogP contribution >= 0.6 is 0 Å². The van der Waals surface area contributed by atoms with Gasteiger partial charge in [0.1, 0.15) is 31.0 Å². The molecule has 0 aromatic carbocycles. The lowest BCUT2D eigenvalue weighted by Crippen LogP contribution is -2.63. The maximum atomic E-state index is 12.1. The predicted octanol–water partition coefficient (Wildman–Crippen LogP) is 0.907. The highest BCUT2D eigenvalue weighted by Crippen LogP contribution is 2.45. The van der Waals surface area contributed by atoms with E-state index in [9.17, 15) is 9.59 Å². The molecular formula is C16H24O8. The summed E-state index contributed by atoms with van der Waals surface area (Å²) in [4.78, 5) is 23.3. The Labute approximate surface area is 140 Å². The molecule has 3 fully saturated rings. The van der Waals surface area contributed by atoms with Gasteiger partial charge in [0.2, 0.25) is 5.79 Å². The van der Waals surface area contributed by atoms with Crippen LogP contribution in [0.4, 0.5) is 0 Å². The lowest BCUT2D eigenvalue weighted by molar-refractivity contribution is -0.328.